The monoisotopic (exact) mass is 408 g/mol. The van der Waals surface area contributed by atoms with E-state index in [9.17, 15) is 0 Å². The molecule has 0 radical (unpaired) electrons. The second-order valence-corrected chi connectivity index (χ2v) is 8.27. The van der Waals surface area contributed by atoms with Crippen molar-refractivity contribution in [3.63, 3.8) is 0 Å². The van der Waals surface area contributed by atoms with Crippen LogP contribution in [0.5, 0.6) is 0 Å². The molecule has 0 nitrogen and oxygen atoms in total. The number of hydrogen-bond donors (Lipinski definition) is 0. The van der Waals surface area contributed by atoms with Gasteiger partial charge in [-0.05, 0) is 50.6 Å². The molecule has 0 saturated carbocycles. The van der Waals surface area contributed by atoms with Crippen LogP contribution in [0.3, 0.4) is 0 Å². The number of halogens is 1. The van der Waals surface area contributed by atoms with Gasteiger partial charge < -0.3 is 0 Å². The topological polar surface area (TPSA) is 0 Å². The molecular weight excluding hydrogens is 392 g/mol. The minimum absolute atomic E-state index is 0.296. The lowest BCUT2D eigenvalue weighted by molar-refractivity contribution is 0.752. The molecule has 3 aliphatic rings. The van der Waals surface area contributed by atoms with Crippen LogP contribution in [0.2, 0.25) is 0 Å². The summed E-state index contributed by atoms with van der Waals surface area (Å²) in [7, 11) is 0. The van der Waals surface area contributed by atoms with Gasteiger partial charge in [0.25, 0.3) is 0 Å². The summed E-state index contributed by atoms with van der Waals surface area (Å²) < 4.78 is 1.22. The predicted molar refractivity (Wildman–Crippen MR) is 114 cm³/mol. The normalized spacial score (nSPS) is 18.6. The fourth-order valence-electron chi connectivity index (χ4n) is 5.11. The van der Waals surface area contributed by atoms with Crippen LogP contribution < -0.4 is 0 Å². The lowest BCUT2D eigenvalue weighted by Crippen LogP contribution is -2.28. The molecule has 4 aromatic carbocycles. The van der Waals surface area contributed by atoms with Crippen LogP contribution in [0.25, 0.3) is 11.1 Å². The zero-order valence-electron chi connectivity index (χ0n) is 14.7. The van der Waals surface area contributed by atoms with E-state index in [2.05, 4.69) is 107 Å². The molecule has 0 amide bonds. The van der Waals surface area contributed by atoms with E-state index in [-0.39, 0.29) is 0 Å². The van der Waals surface area contributed by atoms with Crippen LogP contribution in [0.15, 0.2) is 95.5 Å². The van der Waals surface area contributed by atoms with Crippen molar-refractivity contribution in [1.82, 2.24) is 0 Å². The zero-order chi connectivity index (χ0) is 18.0. The van der Waals surface area contributed by atoms with Crippen molar-refractivity contribution in [2.75, 3.05) is 0 Å². The van der Waals surface area contributed by atoms with Crippen molar-refractivity contribution < 1.29 is 0 Å². The number of hydrogen-bond acceptors (Lipinski definition) is 0. The van der Waals surface area contributed by atoms with Crippen LogP contribution in [0, 0.1) is 0 Å². The molecule has 1 heteroatoms. The van der Waals surface area contributed by atoms with Crippen molar-refractivity contribution >= 4 is 15.9 Å². The Kier molecular flexibility index (Phi) is 3.24. The molecule has 0 fully saturated rings. The second-order valence-electron chi connectivity index (χ2n) is 7.41. The van der Waals surface area contributed by atoms with Crippen LogP contribution in [0.4, 0.5) is 0 Å². The van der Waals surface area contributed by atoms with Gasteiger partial charge in [-0.25, -0.2) is 0 Å². The fourth-order valence-corrected chi connectivity index (χ4v) is 5.69. The van der Waals surface area contributed by atoms with Gasteiger partial charge in [-0.15, -0.1) is 0 Å². The summed E-state index contributed by atoms with van der Waals surface area (Å²) in [5.41, 5.74) is 11.4. The molecule has 3 aliphatic carbocycles. The van der Waals surface area contributed by atoms with E-state index >= 15 is 0 Å². The molecule has 128 valence electrons. The van der Waals surface area contributed by atoms with Gasteiger partial charge >= 0.3 is 0 Å². The Morgan fingerprint density at radius 2 is 0.963 bits per heavy atom. The molecule has 2 bridgehead atoms. The molecule has 0 unspecified atom stereocenters. The van der Waals surface area contributed by atoms with Gasteiger partial charge in [-0.3, -0.25) is 0 Å². The molecule has 27 heavy (non-hydrogen) atoms. The van der Waals surface area contributed by atoms with Crippen LogP contribution in [0.1, 0.15) is 45.2 Å². The number of rotatable bonds is 1. The Morgan fingerprint density at radius 1 is 0.481 bits per heavy atom. The highest BCUT2D eigenvalue weighted by molar-refractivity contribution is 9.10. The first-order valence-corrected chi connectivity index (χ1v) is 10.2. The average molecular weight is 409 g/mol. The lowest BCUT2D eigenvalue weighted by Gasteiger charge is -2.43. The van der Waals surface area contributed by atoms with Gasteiger partial charge in [-0.1, -0.05) is 101 Å². The summed E-state index contributed by atoms with van der Waals surface area (Å²) in [5, 5.41) is 0. The quantitative estimate of drug-likeness (QED) is 0.272. The van der Waals surface area contributed by atoms with Crippen molar-refractivity contribution in [3.8, 4) is 11.1 Å². The summed E-state index contributed by atoms with van der Waals surface area (Å²) in [5.74, 6) is 0.598. The SMILES string of the molecule is Brc1ccc(-c2ccccc2)c2c1C1c3ccccc3C2c2ccccc21. The largest absolute Gasteiger partial charge is 0.0622 e. The summed E-state index contributed by atoms with van der Waals surface area (Å²) in [6, 6.07) is 33.3. The van der Waals surface area contributed by atoms with Crippen LogP contribution >= 0.6 is 15.9 Å². The predicted octanol–water partition coefficient (Wildman–Crippen LogP) is 7.10. The maximum atomic E-state index is 3.89. The molecule has 0 aliphatic heterocycles. The summed E-state index contributed by atoms with van der Waals surface area (Å²) >= 11 is 3.89. The Morgan fingerprint density at radius 3 is 1.52 bits per heavy atom. The smallest absolute Gasteiger partial charge is 0.0360 e. The molecule has 0 heterocycles. The van der Waals surface area contributed by atoms with E-state index in [4.69, 9.17) is 0 Å². The molecule has 0 spiro atoms. The first-order chi connectivity index (χ1) is 13.3. The Balaban J connectivity index is 1.75. The third-order valence-corrected chi connectivity index (χ3v) is 6.82. The number of benzene rings is 4. The van der Waals surface area contributed by atoms with E-state index in [1.54, 1.807) is 0 Å². The van der Waals surface area contributed by atoms with Crippen molar-refractivity contribution in [2.24, 2.45) is 0 Å². The highest BCUT2D eigenvalue weighted by Crippen LogP contribution is 2.59. The average Bonchev–Trinajstić information content (AvgIpc) is 2.74. The second kappa shape index (κ2) is 5.68. The van der Waals surface area contributed by atoms with E-state index in [0.29, 0.717) is 11.8 Å². The van der Waals surface area contributed by atoms with Gasteiger partial charge in [0.1, 0.15) is 0 Å². The maximum Gasteiger partial charge on any atom is 0.0360 e. The van der Waals surface area contributed by atoms with Gasteiger partial charge in [-0.2, -0.15) is 0 Å². The standard InChI is InChI=1S/C26H17Br/c27-22-15-14-17(16-8-2-1-3-9-16)25-23-18-10-4-6-12-20(18)24(26(22)25)21-13-7-5-11-19(21)23/h1-15,23-24H. The van der Waals surface area contributed by atoms with Crippen molar-refractivity contribution in [3.05, 3.63) is 129 Å². The minimum atomic E-state index is 0.296. The highest BCUT2D eigenvalue weighted by Gasteiger charge is 2.43. The fraction of sp³-hybridized carbons (Fsp3) is 0.0769. The van der Waals surface area contributed by atoms with Crippen molar-refractivity contribution in [1.29, 1.82) is 0 Å². The molecule has 0 aromatic heterocycles. The Labute approximate surface area is 167 Å². The highest BCUT2D eigenvalue weighted by atomic mass is 79.9. The molecule has 0 saturated heterocycles. The van der Waals surface area contributed by atoms with Crippen LogP contribution in [-0.2, 0) is 0 Å². The van der Waals surface area contributed by atoms with Crippen LogP contribution in [-0.4, -0.2) is 0 Å². The zero-order valence-corrected chi connectivity index (χ0v) is 16.3. The molecule has 4 aromatic rings. The van der Waals surface area contributed by atoms with Crippen molar-refractivity contribution in [2.45, 2.75) is 11.8 Å². The van der Waals surface area contributed by atoms with Gasteiger partial charge in [0.05, 0.1) is 0 Å². The summed E-state index contributed by atoms with van der Waals surface area (Å²) in [6.07, 6.45) is 0. The lowest BCUT2D eigenvalue weighted by atomic mass is 9.60. The first kappa shape index (κ1) is 15.4. The summed E-state index contributed by atoms with van der Waals surface area (Å²) in [4.78, 5) is 0. The van der Waals surface area contributed by atoms with E-state index in [1.165, 1.54) is 49.0 Å². The minimum Gasteiger partial charge on any atom is -0.0622 e. The Bertz CT molecular complexity index is 1140. The maximum absolute atomic E-state index is 3.89. The molecular formula is C26H17Br. The first-order valence-electron chi connectivity index (χ1n) is 9.40. The summed E-state index contributed by atoms with van der Waals surface area (Å²) in [6.45, 7) is 0. The van der Waals surface area contributed by atoms with Gasteiger partial charge in [0, 0.05) is 16.3 Å². The molecule has 0 atom stereocenters. The third kappa shape index (κ3) is 2.04. The molecule has 0 N–H and O–H groups in total. The van der Waals surface area contributed by atoms with E-state index in [1.807, 2.05) is 0 Å². The van der Waals surface area contributed by atoms with Gasteiger partial charge in [0.15, 0.2) is 0 Å². The third-order valence-electron chi connectivity index (χ3n) is 6.13. The van der Waals surface area contributed by atoms with E-state index < -0.39 is 0 Å². The van der Waals surface area contributed by atoms with Gasteiger partial charge in [0.2, 0.25) is 0 Å². The molecule has 7 rings (SSSR count). The Hall–Kier alpha value is -2.64. The van der Waals surface area contributed by atoms with E-state index in [0.717, 1.165) is 0 Å².